The Morgan fingerprint density at radius 2 is 2.00 bits per heavy atom. The lowest BCUT2D eigenvalue weighted by Crippen LogP contribution is -2.46. The first kappa shape index (κ1) is 10.4. The molecule has 0 radical (unpaired) electrons. The van der Waals surface area contributed by atoms with Crippen molar-refractivity contribution in [2.45, 2.75) is 50.8 Å². The van der Waals surface area contributed by atoms with Gasteiger partial charge in [-0.2, -0.15) is 0 Å². The van der Waals surface area contributed by atoms with Crippen molar-refractivity contribution in [2.75, 3.05) is 13.2 Å². The van der Waals surface area contributed by atoms with Crippen LogP contribution in [0.4, 0.5) is 0 Å². The highest BCUT2D eigenvalue weighted by atomic mass is 16.5. The molecule has 0 amide bonds. The molecule has 2 N–H and O–H groups in total. The maximum atomic E-state index is 9.59. The van der Waals surface area contributed by atoms with Gasteiger partial charge in [-0.25, -0.2) is 0 Å². The van der Waals surface area contributed by atoms with Crippen molar-refractivity contribution in [1.82, 2.24) is 5.32 Å². The molecule has 0 aromatic heterocycles. The standard InChI is InChI=1S/C11H21NO2/c1-8(9-4-2-3-5-9)12-10-6-14-7-11(10)13/h8-13H,2-7H2,1H3. The summed E-state index contributed by atoms with van der Waals surface area (Å²) < 4.78 is 5.22. The summed E-state index contributed by atoms with van der Waals surface area (Å²) in [5.74, 6) is 0.808. The highest BCUT2D eigenvalue weighted by Gasteiger charge is 2.30. The Kier molecular flexibility index (Phi) is 3.42. The van der Waals surface area contributed by atoms with Crippen molar-refractivity contribution in [3.05, 3.63) is 0 Å². The molecule has 1 aliphatic heterocycles. The van der Waals surface area contributed by atoms with E-state index in [0.29, 0.717) is 19.3 Å². The van der Waals surface area contributed by atoms with E-state index >= 15 is 0 Å². The third kappa shape index (κ3) is 2.27. The first-order valence-electron chi connectivity index (χ1n) is 5.79. The van der Waals surface area contributed by atoms with Gasteiger partial charge in [0.1, 0.15) is 0 Å². The summed E-state index contributed by atoms with van der Waals surface area (Å²) in [5.41, 5.74) is 0. The van der Waals surface area contributed by atoms with Crippen LogP contribution in [0.3, 0.4) is 0 Å². The van der Waals surface area contributed by atoms with Crippen LogP contribution in [0.1, 0.15) is 32.6 Å². The van der Waals surface area contributed by atoms with Crippen LogP contribution in [-0.2, 0) is 4.74 Å². The lowest BCUT2D eigenvalue weighted by molar-refractivity contribution is 0.120. The van der Waals surface area contributed by atoms with Crippen molar-refractivity contribution in [1.29, 1.82) is 0 Å². The van der Waals surface area contributed by atoms with Gasteiger partial charge in [0.15, 0.2) is 0 Å². The Hall–Kier alpha value is -0.120. The first-order valence-corrected chi connectivity index (χ1v) is 5.79. The number of hydrogen-bond acceptors (Lipinski definition) is 3. The van der Waals surface area contributed by atoms with Gasteiger partial charge in [-0.05, 0) is 25.7 Å². The Morgan fingerprint density at radius 3 is 2.57 bits per heavy atom. The number of rotatable bonds is 3. The Balaban J connectivity index is 1.78. The molecular formula is C11H21NO2. The predicted molar refractivity (Wildman–Crippen MR) is 55.2 cm³/mol. The maximum Gasteiger partial charge on any atom is 0.0948 e. The molecule has 14 heavy (non-hydrogen) atoms. The molecule has 3 atom stereocenters. The Labute approximate surface area is 85.8 Å². The highest BCUT2D eigenvalue weighted by Crippen LogP contribution is 2.28. The van der Waals surface area contributed by atoms with Crippen LogP contribution in [0.2, 0.25) is 0 Å². The van der Waals surface area contributed by atoms with Gasteiger partial charge in [0, 0.05) is 6.04 Å². The maximum absolute atomic E-state index is 9.59. The van der Waals surface area contributed by atoms with Crippen molar-refractivity contribution in [2.24, 2.45) is 5.92 Å². The van der Waals surface area contributed by atoms with Crippen molar-refractivity contribution in [3.8, 4) is 0 Å². The number of nitrogens with one attached hydrogen (secondary N) is 1. The fraction of sp³-hybridized carbons (Fsp3) is 1.00. The largest absolute Gasteiger partial charge is 0.389 e. The van der Waals surface area contributed by atoms with Gasteiger partial charge < -0.3 is 15.2 Å². The summed E-state index contributed by atoms with van der Waals surface area (Å²) >= 11 is 0. The minimum atomic E-state index is -0.307. The molecule has 2 rings (SSSR count). The average Bonchev–Trinajstić information content (AvgIpc) is 2.77. The first-order chi connectivity index (χ1) is 6.77. The fourth-order valence-electron chi connectivity index (χ4n) is 2.63. The highest BCUT2D eigenvalue weighted by molar-refractivity contribution is 4.86. The van der Waals surface area contributed by atoms with Gasteiger partial charge >= 0.3 is 0 Å². The second kappa shape index (κ2) is 4.60. The third-order valence-electron chi connectivity index (χ3n) is 3.63. The van der Waals surface area contributed by atoms with Crippen LogP contribution in [-0.4, -0.2) is 36.5 Å². The zero-order valence-electron chi connectivity index (χ0n) is 8.91. The molecule has 0 bridgehead atoms. The van der Waals surface area contributed by atoms with Crippen LogP contribution >= 0.6 is 0 Å². The smallest absolute Gasteiger partial charge is 0.0948 e. The van der Waals surface area contributed by atoms with Gasteiger partial charge in [-0.1, -0.05) is 12.8 Å². The zero-order valence-corrected chi connectivity index (χ0v) is 8.91. The summed E-state index contributed by atoms with van der Waals surface area (Å²) in [6.45, 7) is 3.40. The Bertz CT molecular complexity index is 180. The van der Waals surface area contributed by atoms with E-state index in [0.717, 1.165) is 5.92 Å². The van der Waals surface area contributed by atoms with E-state index in [1.54, 1.807) is 0 Å². The molecule has 3 nitrogen and oxygen atoms in total. The van der Waals surface area contributed by atoms with E-state index in [1.807, 2.05) is 0 Å². The molecule has 0 spiro atoms. The van der Waals surface area contributed by atoms with E-state index in [9.17, 15) is 5.11 Å². The minimum absolute atomic E-state index is 0.158. The Morgan fingerprint density at radius 1 is 1.29 bits per heavy atom. The SMILES string of the molecule is CC(NC1COCC1O)C1CCCC1. The van der Waals surface area contributed by atoms with Crippen molar-refractivity contribution < 1.29 is 9.84 Å². The van der Waals surface area contributed by atoms with Crippen LogP contribution in [0.25, 0.3) is 0 Å². The van der Waals surface area contributed by atoms with Gasteiger partial charge in [0.05, 0.1) is 25.4 Å². The quantitative estimate of drug-likeness (QED) is 0.710. The van der Waals surface area contributed by atoms with Crippen LogP contribution in [0.5, 0.6) is 0 Å². The minimum Gasteiger partial charge on any atom is -0.389 e. The topological polar surface area (TPSA) is 41.5 Å². The normalized spacial score (nSPS) is 36.4. The molecule has 2 fully saturated rings. The van der Waals surface area contributed by atoms with Gasteiger partial charge in [-0.15, -0.1) is 0 Å². The summed E-state index contributed by atoms with van der Waals surface area (Å²) in [7, 11) is 0. The number of aliphatic hydroxyl groups is 1. The van der Waals surface area contributed by atoms with Gasteiger partial charge in [0.25, 0.3) is 0 Å². The van der Waals surface area contributed by atoms with E-state index < -0.39 is 0 Å². The summed E-state index contributed by atoms with van der Waals surface area (Å²) in [5, 5.41) is 13.1. The second-order valence-corrected chi connectivity index (χ2v) is 4.71. The van der Waals surface area contributed by atoms with Crippen LogP contribution < -0.4 is 5.32 Å². The molecule has 0 aromatic rings. The second-order valence-electron chi connectivity index (χ2n) is 4.71. The van der Waals surface area contributed by atoms with Crippen molar-refractivity contribution >= 4 is 0 Å². The van der Waals surface area contributed by atoms with E-state index in [4.69, 9.17) is 4.74 Å². The molecule has 82 valence electrons. The number of aliphatic hydroxyl groups excluding tert-OH is 1. The lowest BCUT2D eigenvalue weighted by Gasteiger charge is -2.25. The molecule has 1 aliphatic carbocycles. The molecule has 3 heteroatoms. The molecule has 3 unspecified atom stereocenters. The summed E-state index contributed by atoms with van der Waals surface area (Å²) in [6, 6.07) is 0.685. The number of ether oxygens (including phenoxy) is 1. The van der Waals surface area contributed by atoms with Crippen molar-refractivity contribution in [3.63, 3.8) is 0 Å². The van der Waals surface area contributed by atoms with E-state index in [-0.39, 0.29) is 12.1 Å². The fourth-order valence-corrected chi connectivity index (χ4v) is 2.63. The van der Waals surface area contributed by atoms with Crippen LogP contribution in [0, 0.1) is 5.92 Å². The molecule has 0 aromatic carbocycles. The monoisotopic (exact) mass is 199 g/mol. The van der Waals surface area contributed by atoms with E-state index in [1.165, 1.54) is 25.7 Å². The molecular weight excluding hydrogens is 178 g/mol. The molecule has 1 heterocycles. The predicted octanol–water partition coefficient (Wildman–Crippen LogP) is 0.914. The van der Waals surface area contributed by atoms with Crippen LogP contribution in [0.15, 0.2) is 0 Å². The summed E-state index contributed by atoms with van der Waals surface area (Å²) in [6.07, 6.45) is 5.13. The lowest BCUT2D eigenvalue weighted by atomic mass is 9.98. The molecule has 1 saturated carbocycles. The van der Waals surface area contributed by atoms with Gasteiger partial charge in [0.2, 0.25) is 0 Å². The van der Waals surface area contributed by atoms with E-state index in [2.05, 4.69) is 12.2 Å². The third-order valence-corrected chi connectivity index (χ3v) is 3.63. The molecule has 2 aliphatic rings. The zero-order chi connectivity index (χ0) is 9.97. The average molecular weight is 199 g/mol. The molecule has 1 saturated heterocycles. The number of hydrogen-bond donors (Lipinski definition) is 2. The summed E-state index contributed by atoms with van der Waals surface area (Å²) in [4.78, 5) is 0. The van der Waals surface area contributed by atoms with Gasteiger partial charge in [-0.3, -0.25) is 0 Å².